The van der Waals surface area contributed by atoms with Gasteiger partial charge in [-0.15, -0.1) is 0 Å². The fourth-order valence-electron chi connectivity index (χ4n) is 3.37. The van der Waals surface area contributed by atoms with E-state index in [4.69, 9.17) is 4.74 Å². The normalized spacial score (nSPS) is 13.9. The second-order valence-corrected chi connectivity index (χ2v) is 9.91. The molecule has 1 unspecified atom stereocenters. The minimum Gasteiger partial charge on any atom is -0.770 e. The van der Waals surface area contributed by atoms with Crippen molar-refractivity contribution < 1.29 is 62.9 Å². The number of hydrogen-bond donors (Lipinski definition) is 1. The van der Waals surface area contributed by atoms with Crippen LogP contribution in [0.2, 0.25) is 0 Å². The predicted molar refractivity (Wildman–Crippen MR) is 122 cm³/mol. The molecule has 0 aliphatic rings. The van der Waals surface area contributed by atoms with Crippen LogP contribution in [-0.2, 0) is 18.6 Å². The van der Waals surface area contributed by atoms with Crippen molar-refractivity contribution in [2.45, 2.75) is 116 Å². The predicted octanol–water partition coefficient (Wildman–Crippen LogP) is 2.97. The Bertz CT molecular complexity index is 466. The molecule has 0 saturated carbocycles. The minimum atomic E-state index is -4.74. The Morgan fingerprint density at radius 2 is 1.22 bits per heavy atom. The summed E-state index contributed by atoms with van der Waals surface area (Å²) in [5.41, 5.74) is -1.45. The third kappa shape index (κ3) is 22.3. The molecule has 0 bridgehead atoms. The van der Waals surface area contributed by atoms with Crippen LogP contribution in [-0.4, -0.2) is 43.9 Å². The molecule has 0 aliphatic carbocycles. The first kappa shape index (κ1) is 34.7. The van der Waals surface area contributed by atoms with E-state index in [1.54, 1.807) is 0 Å². The Hall–Kier alpha value is 0.540. The van der Waals surface area contributed by atoms with Crippen LogP contribution in [0.3, 0.4) is 0 Å². The quantitative estimate of drug-likeness (QED) is 0.134. The summed E-state index contributed by atoms with van der Waals surface area (Å²) in [6, 6.07) is 0. The Labute approximate surface area is 218 Å². The third-order valence-corrected chi connectivity index (χ3v) is 6.41. The zero-order valence-corrected chi connectivity index (χ0v) is 23.8. The van der Waals surface area contributed by atoms with Crippen molar-refractivity contribution in [1.82, 2.24) is 0 Å². The summed E-state index contributed by atoms with van der Waals surface area (Å²) < 4.78 is 25.1. The average molecular weight is 489 g/mol. The van der Waals surface area contributed by atoms with E-state index in [-0.39, 0.29) is 36.2 Å². The summed E-state index contributed by atoms with van der Waals surface area (Å²) in [6.07, 6.45) is 19.8. The van der Waals surface area contributed by atoms with Crippen molar-refractivity contribution in [2.24, 2.45) is 0 Å². The molecule has 9 heteroatoms. The van der Waals surface area contributed by atoms with Crippen LogP contribution in [0.5, 0.6) is 0 Å². The van der Waals surface area contributed by atoms with Crippen molar-refractivity contribution in [2.75, 3.05) is 26.9 Å². The van der Waals surface area contributed by atoms with Gasteiger partial charge in [0, 0.05) is 6.61 Å². The summed E-state index contributed by atoms with van der Waals surface area (Å²) in [6.45, 7) is 2.23. The fourth-order valence-corrected chi connectivity index (χ4v) is 4.07. The average Bonchev–Trinajstić information content (AvgIpc) is 2.76. The molecule has 0 aromatic carbocycles. The number of aliphatic hydroxyl groups is 1. The van der Waals surface area contributed by atoms with E-state index >= 15 is 0 Å². The zero-order valence-electron chi connectivity index (χ0n) is 20.9. The molecule has 2 atom stereocenters. The Balaban J connectivity index is 0. The molecule has 1 N–H and O–H groups in total. The standard InChI is InChI=1S/C23H47O7P.Na/c1-3-4-5-6-7-8-9-10-11-12-13-14-15-16-17-18-19-29-20-22(24)21-30-31(26,27)23(25)28-2;/h22,24H,3-21H2,1-2H3,(H,26,27);/q;+1/p-1/t22-;/m1./s1. The summed E-state index contributed by atoms with van der Waals surface area (Å²) in [5, 5.41) is 9.64. The summed E-state index contributed by atoms with van der Waals surface area (Å²) in [4.78, 5) is 22.2. The zero-order chi connectivity index (χ0) is 23.2. The van der Waals surface area contributed by atoms with E-state index in [1.165, 1.54) is 89.9 Å². The molecule has 0 fully saturated rings. The molecular weight excluding hydrogens is 442 g/mol. The van der Waals surface area contributed by atoms with E-state index in [2.05, 4.69) is 16.2 Å². The van der Waals surface area contributed by atoms with Crippen LogP contribution in [0, 0.1) is 0 Å². The molecule has 186 valence electrons. The van der Waals surface area contributed by atoms with Gasteiger partial charge in [0.15, 0.2) is 0 Å². The van der Waals surface area contributed by atoms with E-state index in [1.807, 2.05) is 0 Å². The molecule has 7 nitrogen and oxygen atoms in total. The van der Waals surface area contributed by atoms with Gasteiger partial charge in [0.25, 0.3) is 0 Å². The Morgan fingerprint density at radius 3 is 1.62 bits per heavy atom. The van der Waals surface area contributed by atoms with Gasteiger partial charge in [-0.25, -0.2) is 4.79 Å². The van der Waals surface area contributed by atoms with Gasteiger partial charge >= 0.3 is 35.3 Å². The number of carbonyl (C=O) groups excluding carboxylic acids is 1. The number of unbranched alkanes of at least 4 members (excludes halogenated alkanes) is 15. The van der Waals surface area contributed by atoms with Crippen LogP contribution in [0.25, 0.3) is 0 Å². The molecule has 0 aliphatic heterocycles. The molecule has 0 aromatic heterocycles. The van der Waals surface area contributed by atoms with E-state index in [9.17, 15) is 19.4 Å². The third-order valence-electron chi connectivity index (χ3n) is 5.29. The molecule has 0 rings (SSSR count). The van der Waals surface area contributed by atoms with Crippen molar-refractivity contribution >= 4 is 13.3 Å². The first-order chi connectivity index (χ1) is 14.9. The number of methoxy groups -OCH3 is 1. The molecule has 0 saturated heterocycles. The van der Waals surface area contributed by atoms with E-state index < -0.39 is 26.0 Å². The maximum Gasteiger partial charge on any atom is 1.00 e. The Morgan fingerprint density at radius 1 is 0.812 bits per heavy atom. The number of rotatable bonds is 23. The summed E-state index contributed by atoms with van der Waals surface area (Å²) in [7, 11) is -3.79. The van der Waals surface area contributed by atoms with Gasteiger partial charge in [-0.1, -0.05) is 103 Å². The largest absolute Gasteiger partial charge is 1.00 e. The maximum atomic E-state index is 11.3. The first-order valence-corrected chi connectivity index (χ1v) is 13.8. The van der Waals surface area contributed by atoms with E-state index in [0.29, 0.717) is 6.61 Å². The first-order valence-electron chi connectivity index (χ1n) is 12.2. The summed E-state index contributed by atoms with van der Waals surface area (Å²) >= 11 is 0. The molecular formula is C23H46NaO7P. The van der Waals surface area contributed by atoms with Crippen LogP contribution < -0.4 is 34.5 Å². The molecule has 0 aromatic rings. The second kappa shape index (κ2) is 24.7. The van der Waals surface area contributed by atoms with Gasteiger partial charge in [-0.3, -0.25) is 4.57 Å². The summed E-state index contributed by atoms with van der Waals surface area (Å²) in [5.74, 6) is 0. The van der Waals surface area contributed by atoms with Crippen molar-refractivity contribution in [3.05, 3.63) is 0 Å². The topological polar surface area (TPSA) is 105 Å². The van der Waals surface area contributed by atoms with Crippen LogP contribution >= 0.6 is 7.60 Å². The molecule has 0 spiro atoms. The minimum absolute atomic E-state index is 0. The molecule has 0 heterocycles. The van der Waals surface area contributed by atoms with Gasteiger partial charge < -0.3 is 24.0 Å². The fraction of sp³-hybridized carbons (Fsp3) is 0.957. The van der Waals surface area contributed by atoms with Crippen LogP contribution in [0.1, 0.15) is 110 Å². The van der Waals surface area contributed by atoms with Crippen molar-refractivity contribution in [3.63, 3.8) is 0 Å². The molecule has 0 amide bonds. The SMILES string of the molecule is CCCCCCCCCCCCCCCCCCOC[C@@H](O)COP(=O)([O-])C(=O)OC.[Na+]. The van der Waals surface area contributed by atoms with Crippen LogP contribution in [0.15, 0.2) is 0 Å². The van der Waals surface area contributed by atoms with E-state index in [0.717, 1.165) is 20.0 Å². The van der Waals surface area contributed by atoms with Gasteiger partial charge in [-0.05, 0) is 6.42 Å². The maximum absolute atomic E-state index is 11.3. The second-order valence-electron chi connectivity index (χ2n) is 8.30. The van der Waals surface area contributed by atoms with Gasteiger partial charge in [0.2, 0.25) is 7.60 Å². The monoisotopic (exact) mass is 488 g/mol. The smallest absolute Gasteiger partial charge is 0.770 e. The van der Waals surface area contributed by atoms with Gasteiger partial charge in [-0.2, -0.15) is 0 Å². The van der Waals surface area contributed by atoms with Crippen molar-refractivity contribution in [3.8, 4) is 0 Å². The number of carbonyl (C=O) groups is 1. The molecule has 32 heavy (non-hydrogen) atoms. The number of ether oxygens (including phenoxy) is 2. The van der Waals surface area contributed by atoms with Gasteiger partial charge in [0.05, 0.1) is 20.3 Å². The molecule has 0 radical (unpaired) electrons. The van der Waals surface area contributed by atoms with Crippen LogP contribution in [0.4, 0.5) is 4.79 Å². The van der Waals surface area contributed by atoms with Crippen molar-refractivity contribution in [1.29, 1.82) is 0 Å². The number of aliphatic hydroxyl groups excluding tert-OH is 1. The van der Waals surface area contributed by atoms with Gasteiger partial charge in [0.1, 0.15) is 6.10 Å². The Kier molecular flexibility index (Phi) is 26.7. The number of hydrogen-bond acceptors (Lipinski definition) is 7.